The van der Waals surface area contributed by atoms with E-state index in [1.807, 2.05) is 4.90 Å². The van der Waals surface area contributed by atoms with Gasteiger partial charge in [0.05, 0.1) is 11.7 Å². The zero-order valence-electron chi connectivity index (χ0n) is 13.3. The lowest BCUT2D eigenvalue weighted by atomic mass is 9.84. The molecule has 1 aliphatic heterocycles. The van der Waals surface area contributed by atoms with Crippen LogP contribution in [0.25, 0.3) is 0 Å². The first-order chi connectivity index (χ1) is 11.5. The summed E-state index contributed by atoms with van der Waals surface area (Å²) >= 11 is 0. The molecule has 1 atom stereocenters. The molecule has 0 aliphatic carbocycles. The van der Waals surface area contributed by atoms with Crippen molar-refractivity contribution in [3.8, 4) is 0 Å². The van der Waals surface area contributed by atoms with E-state index in [1.165, 1.54) is 18.2 Å². The first-order valence-electron chi connectivity index (χ1n) is 8.11. The van der Waals surface area contributed by atoms with Crippen LogP contribution in [0.1, 0.15) is 30.1 Å². The van der Waals surface area contributed by atoms with Gasteiger partial charge >= 0.3 is 0 Å². The summed E-state index contributed by atoms with van der Waals surface area (Å²) in [6.07, 6.45) is 0.0963. The second-order valence-corrected chi connectivity index (χ2v) is 6.38. The largest absolute Gasteiger partial charge is 0.387 e. The molecule has 1 aliphatic rings. The van der Waals surface area contributed by atoms with Crippen LogP contribution in [0, 0.1) is 11.6 Å². The van der Waals surface area contributed by atoms with Gasteiger partial charge in [0.25, 0.3) is 0 Å². The summed E-state index contributed by atoms with van der Waals surface area (Å²) in [5, 5.41) is 21.0. The Morgan fingerprint density at radius 2 is 1.62 bits per heavy atom. The molecule has 24 heavy (non-hydrogen) atoms. The number of rotatable bonds is 4. The molecule has 0 radical (unpaired) electrons. The molecule has 0 unspecified atom stereocenters. The number of aliphatic hydroxyl groups is 2. The molecule has 128 valence electrons. The van der Waals surface area contributed by atoms with Gasteiger partial charge < -0.3 is 15.1 Å². The highest BCUT2D eigenvalue weighted by Gasteiger charge is 2.36. The molecule has 0 bridgehead atoms. The maximum absolute atomic E-state index is 13.9. The van der Waals surface area contributed by atoms with Crippen molar-refractivity contribution in [1.82, 2.24) is 4.90 Å². The van der Waals surface area contributed by atoms with Crippen LogP contribution in [0.5, 0.6) is 0 Å². The number of piperidine rings is 1. The first-order valence-corrected chi connectivity index (χ1v) is 8.11. The lowest BCUT2D eigenvalue weighted by Crippen LogP contribution is -2.44. The Labute approximate surface area is 140 Å². The van der Waals surface area contributed by atoms with E-state index in [0.29, 0.717) is 43.6 Å². The molecule has 1 heterocycles. The quantitative estimate of drug-likeness (QED) is 0.904. The summed E-state index contributed by atoms with van der Waals surface area (Å²) in [6, 6.07) is 12.1. The predicted molar refractivity (Wildman–Crippen MR) is 87.3 cm³/mol. The van der Waals surface area contributed by atoms with Crippen molar-refractivity contribution in [2.75, 3.05) is 19.6 Å². The average Bonchev–Trinajstić information content (AvgIpc) is 2.58. The monoisotopic (exact) mass is 333 g/mol. The van der Waals surface area contributed by atoms with Crippen LogP contribution in [0.3, 0.4) is 0 Å². The summed E-state index contributed by atoms with van der Waals surface area (Å²) in [7, 11) is 0. The number of benzene rings is 2. The number of nitrogens with zero attached hydrogens (tertiary/aromatic N) is 1. The molecule has 0 saturated carbocycles. The summed E-state index contributed by atoms with van der Waals surface area (Å²) in [6.45, 7) is 1.52. The third-order valence-electron chi connectivity index (χ3n) is 4.74. The summed E-state index contributed by atoms with van der Waals surface area (Å²) in [5.41, 5.74) is -0.169. The van der Waals surface area contributed by atoms with Crippen molar-refractivity contribution in [1.29, 1.82) is 0 Å². The lowest BCUT2D eigenvalue weighted by Gasteiger charge is -2.39. The summed E-state index contributed by atoms with van der Waals surface area (Å²) in [5.74, 6) is -0.723. The van der Waals surface area contributed by atoms with Gasteiger partial charge in [-0.1, -0.05) is 30.3 Å². The van der Waals surface area contributed by atoms with Gasteiger partial charge in [0.15, 0.2) is 0 Å². The highest BCUT2D eigenvalue weighted by molar-refractivity contribution is 5.25. The van der Waals surface area contributed by atoms with E-state index in [4.69, 9.17) is 0 Å². The minimum atomic E-state index is -1.16. The maximum atomic E-state index is 13.9. The van der Waals surface area contributed by atoms with E-state index >= 15 is 0 Å². The van der Waals surface area contributed by atoms with Crippen LogP contribution >= 0.6 is 0 Å². The molecule has 1 fully saturated rings. The van der Waals surface area contributed by atoms with Crippen LogP contribution in [-0.2, 0) is 5.60 Å². The van der Waals surface area contributed by atoms with E-state index in [2.05, 4.69) is 0 Å². The molecule has 2 aromatic carbocycles. The van der Waals surface area contributed by atoms with Crippen molar-refractivity contribution in [2.45, 2.75) is 24.5 Å². The van der Waals surface area contributed by atoms with Gasteiger partial charge in [-0.05, 0) is 36.6 Å². The highest BCUT2D eigenvalue weighted by Crippen LogP contribution is 2.34. The topological polar surface area (TPSA) is 43.7 Å². The van der Waals surface area contributed by atoms with Crippen LogP contribution < -0.4 is 0 Å². The van der Waals surface area contributed by atoms with Gasteiger partial charge in [0.1, 0.15) is 11.6 Å². The van der Waals surface area contributed by atoms with E-state index in [0.717, 1.165) is 0 Å². The smallest absolute Gasteiger partial charge is 0.129 e. The zero-order chi connectivity index (χ0) is 17.2. The first kappa shape index (κ1) is 17.0. The van der Waals surface area contributed by atoms with E-state index in [-0.39, 0.29) is 11.6 Å². The molecule has 2 N–H and O–H groups in total. The Bertz CT molecular complexity index is 682. The van der Waals surface area contributed by atoms with Gasteiger partial charge in [-0.25, -0.2) is 8.78 Å². The second kappa shape index (κ2) is 6.97. The number of β-amino-alcohol motifs (C(OH)–C–C–N with tert-alkyl or cyclic N) is 1. The fourth-order valence-corrected chi connectivity index (χ4v) is 3.25. The van der Waals surface area contributed by atoms with Crippen LogP contribution in [0.15, 0.2) is 48.5 Å². The standard InChI is InChI=1S/C19H21F2NO2/c20-15-7-5-14(6-8-15)18(23)13-22-11-9-19(24,10-12-22)16-3-1-2-4-17(16)21/h1-8,18,23-24H,9-13H2/t18-/m1/s1. The fraction of sp³-hybridized carbons (Fsp3) is 0.368. The Hall–Kier alpha value is -1.82. The van der Waals surface area contributed by atoms with Crippen LogP contribution in [-0.4, -0.2) is 34.7 Å². The fourth-order valence-electron chi connectivity index (χ4n) is 3.25. The SMILES string of the molecule is O[C@H](CN1CCC(O)(c2ccccc2F)CC1)c1ccc(F)cc1. The highest BCUT2D eigenvalue weighted by atomic mass is 19.1. The Morgan fingerprint density at radius 3 is 2.25 bits per heavy atom. The molecule has 3 rings (SSSR count). The molecule has 5 heteroatoms. The average molecular weight is 333 g/mol. The number of likely N-dealkylation sites (tertiary alicyclic amines) is 1. The van der Waals surface area contributed by atoms with Gasteiger partial charge in [-0.15, -0.1) is 0 Å². The Balaban J connectivity index is 1.61. The Morgan fingerprint density at radius 1 is 1.00 bits per heavy atom. The number of halogens is 2. The molecular weight excluding hydrogens is 312 g/mol. The molecule has 3 nitrogen and oxygen atoms in total. The van der Waals surface area contributed by atoms with Crippen molar-refractivity contribution in [3.63, 3.8) is 0 Å². The van der Waals surface area contributed by atoms with E-state index in [9.17, 15) is 19.0 Å². The van der Waals surface area contributed by atoms with Crippen LogP contribution in [0.2, 0.25) is 0 Å². The van der Waals surface area contributed by atoms with Crippen molar-refractivity contribution in [3.05, 3.63) is 71.3 Å². The van der Waals surface area contributed by atoms with Crippen molar-refractivity contribution >= 4 is 0 Å². The van der Waals surface area contributed by atoms with Gasteiger partial charge in [-0.3, -0.25) is 0 Å². The van der Waals surface area contributed by atoms with Crippen molar-refractivity contribution in [2.24, 2.45) is 0 Å². The number of hydrogen-bond acceptors (Lipinski definition) is 3. The third kappa shape index (κ3) is 3.64. The normalized spacial score (nSPS) is 19.2. The number of aliphatic hydroxyl groups excluding tert-OH is 1. The van der Waals surface area contributed by atoms with E-state index in [1.54, 1.807) is 30.3 Å². The summed E-state index contributed by atoms with van der Waals surface area (Å²) < 4.78 is 26.9. The van der Waals surface area contributed by atoms with Gasteiger partial charge in [0.2, 0.25) is 0 Å². The minimum Gasteiger partial charge on any atom is -0.387 e. The molecular formula is C19H21F2NO2. The molecule has 0 aromatic heterocycles. The summed E-state index contributed by atoms with van der Waals surface area (Å²) in [4.78, 5) is 2.03. The van der Waals surface area contributed by atoms with Crippen molar-refractivity contribution < 1.29 is 19.0 Å². The molecule has 2 aromatic rings. The van der Waals surface area contributed by atoms with Crippen LogP contribution in [0.4, 0.5) is 8.78 Å². The second-order valence-electron chi connectivity index (χ2n) is 6.38. The number of hydrogen-bond donors (Lipinski definition) is 2. The van der Waals surface area contributed by atoms with Gasteiger partial charge in [-0.2, -0.15) is 0 Å². The third-order valence-corrected chi connectivity index (χ3v) is 4.74. The Kier molecular flexibility index (Phi) is 4.94. The van der Waals surface area contributed by atoms with Gasteiger partial charge in [0, 0.05) is 25.2 Å². The molecule has 0 spiro atoms. The minimum absolute atomic E-state index is 0.334. The lowest BCUT2D eigenvalue weighted by molar-refractivity contribution is -0.0367. The molecule has 0 amide bonds. The molecule has 1 saturated heterocycles. The van der Waals surface area contributed by atoms with E-state index < -0.39 is 11.7 Å². The zero-order valence-corrected chi connectivity index (χ0v) is 13.3. The predicted octanol–water partition coefficient (Wildman–Crippen LogP) is 2.98. The maximum Gasteiger partial charge on any atom is 0.129 e.